The summed E-state index contributed by atoms with van der Waals surface area (Å²) < 4.78 is 2.46. The molecule has 0 spiro atoms. The number of aromatic amines is 1. The molecular formula is C7H5BrN2O. The van der Waals surface area contributed by atoms with Gasteiger partial charge in [0.05, 0.1) is 5.52 Å². The third-order valence-electron chi connectivity index (χ3n) is 1.53. The van der Waals surface area contributed by atoms with Crippen molar-refractivity contribution in [2.75, 3.05) is 0 Å². The SMILES string of the molecule is O=c1[nH]cc2c(Br)cccn12. The topological polar surface area (TPSA) is 37.3 Å². The number of hydrogen-bond donors (Lipinski definition) is 1. The fourth-order valence-corrected chi connectivity index (χ4v) is 1.47. The Bertz CT molecular complexity index is 443. The van der Waals surface area contributed by atoms with Crippen molar-refractivity contribution in [2.45, 2.75) is 0 Å². The second-order valence-electron chi connectivity index (χ2n) is 2.21. The van der Waals surface area contributed by atoms with Gasteiger partial charge in [-0.1, -0.05) is 0 Å². The highest BCUT2D eigenvalue weighted by molar-refractivity contribution is 9.10. The number of H-pyrrole nitrogens is 1. The quantitative estimate of drug-likeness (QED) is 0.705. The van der Waals surface area contributed by atoms with Crippen molar-refractivity contribution in [2.24, 2.45) is 0 Å². The van der Waals surface area contributed by atoms with Crippen LogP contribution in [0.25, 0.3) is 5.52 Å². The molecular weight excluding hydrogens is 208 g/mol. The van der Waals surface area contributed by atoms with Crippen LogP contribution in [0.2, 0.25) is 0 Å². The van der Waals surface area contributed by atoms with Crippen LogP contribution in [0.4, 0.5) is 0 Å². The van der Waals surface area contributed by atoms with Crippen LogP contribution in [-0.2, 0) is 0 Å². The summed E-state index contributed by atoms with van der Waals surface area (Å²) in [6.07, 6.45) is 3.39. The fraction of sp³-hybridized carbons (Fsp3) is 0. The number of fused-ring (bicyclic) bond motifs is 1. The van der Waals surface area contributed by atoms with E-state index < -0.39 is 0 Å². The predicted octanol–water partition coefficient (Wildman–Crippen LogP) is 1.39. The van der Waals surface area contributed by atoms with Gasteiger partial charge >= 0.3 is 5.69 Å². The summed E-state index contributed by atoms with van der Waals surface area (Å²) in [5.74, 6) is 0. The molecule has 0 aliphatic heterocycles. The van der Waals surface area contributed by atoms with E-state index in [-0.39, 0.29) is 5.69 Å². The van der Waals surface area contributed by atoms with Gasteiger partial charge in [0, 0.05) is 16.9 Å². The Hall–Kier alpha value is -1.03. The fourth-order valence-electron chi connectivity index (χ4n) is 1.01. The van der Waals surface area contributed by atoms with E-state index in [0.29, 0.717) is 0 Å². The lowest BCUT2D eigenvalue weighted by Gasteiger charge is -1.92. The van der Waals surface area contributed by atoms with Crippen LogP contribution in [0.3, 0.4) is 0 Å². The second kappa shape index (κ2) is 2.23. The minimum atomic E-state index is -0.110. The molecule has 4 heteroatoms. The van der Waals surface area contributed by atoms with Gasteiger partial charge in [0.1, 0.15) is 0 Å². The van der Waals surface area contributed by atoms with Crippen LogP contribution in [0.15, 0.2) is 33.8 Å². The van der Waals surface area contributed by atoms with Gasteiger partial charge in [0.2, 0.25) is 0 Å². The lowest BCUT2D eigenvalue weighted by atomic mass is 10.4. The van der Waals surface area contributed by atoms with Gasteiger partial charge in [-0.25, -0.2) is 4.79 Å². The molecule has 0 saturated carbocycles. The molecule has 0 radical (unpaired) electrons. The summed E-state index contributed by atoms with van der Waals surface area (Å²) in [7, 11) is 0. The van der Waals surface area contributed by atoms with Gasteiger partial charge in [-0.15, -0.1) is 0 Å². The van der Waals surface area contributed by atoms with E-state index in [0.717, 1.165) is 9.99 Å². The monoisotopic (exact) mass is 212 g/mol. The Morgan fingerprint density at radius 1 is 1.55 bits per heavy atom. The normalized spacial score (nSPS) is 10.6. The molecule has 2 aromatic rings. The summed E-state index contributed by atoms with van der Waals surface area (Å²) in [5.41, 5.74) is 0.749. The zero-order chi connectivity index (χ0) is 7.84. The van der Waals surface area contributed by atoms with Gasteiger partial charge in [0.15, 0.2) is 0 Å². The Morgan fingerprint density at radius 3 is 3.09 bits per heavy atom. The smallest absolute Gasteiger partial charge is 0.312 e. The van der Waals surface area contributed by atoms with Crippen molar-refractivity contribution in [1.82, 2.24) is 9.38 Å². The first-order chi connectivity index (χ1) is 5.29. The molecule has 0 unspecified atom stereocenters. The van der Waals surface area contributed by atoms with Crippen LogP contribution in [0.1, 0.15) is 0 Å². The molecule has 0 fully saturated rings. The summed E-state index contributed by atoms with van der Waals surface area (Å²) in [6.45, 7) is 0. The summed E-state index contributed by atoms with van der Waals surface area (Å²) in [6, 6.07) is 3.70. The molecule has 2 rings (SSSR count). The maximum atomic E-state index is 11.0. The highest BCUT2D eigenvalue weighted by Crippen LogP contribution is 2.14. The number of pyridine rings is 1. The predicted molar refractivity (Wildman–Crippen MR) is 45.7 cm³/mol. The number of rotatable bonds is 0. The van der Waals surface area contributed by atoms with E-state index in [1.165, 1.54) is 0 Å². The number of halogens is 1. The molecule has 0 bridgehead atoms. The van der Waals surface area contributed by atoms with Gasteiger partial charge < -0.3 is 4.98 Å². The molecule has 0 aromatic carbocycles. The van der Waals surface area contributed by atoms with Crippen LogP contribution >= 0.6 is 15.9 Å². The van der Waals surface area contributed by atoms with Gasteiger partial charge in [0.25, 0.3) is 0 Å². The Labute approximate surface area is 70.8 Å². The molecule has 2 aromatic heterocycles. The number of nitrogens with zero attached hydrogens (tertiary/aromatic N) is 1. The van der Waals surface area contributed by atoms with Gasteiger partial charge in [-0.05, 0) is 28.1 Å². The molecule has 11 heavy (non-hydrogen) atoms. The standard InChI is InChI=1S/C7H5BrN2O/c8-5-2-1-3-10-6(5)4-9-7(10)11/h1-4H,(H,9,11). The zero-order valence-corrected chi connectivity index (χ0v) is 7.13. The lowest BCUT2D eigenvalue weighted by molar-refractivity contribution is 1.06. The average molecular weight is 213 g/mol. The third kappa shape index (κ3) is 0.903. The van der Waals surface area contributed by atoms with Crippen molar-refractivity contribution in [1.29, 1.82) is 0 Å². The number of aromatic nitrogens is 2. The minimum Gasteiger partial charge on any atom is -0.312 e. The zero-order valence-electron chi connectivity index (χ0n) is 5.54. The highest BCUT2D eigenvalue weighted by Gasteiger charge is 1.98. The highest BCUT2D eigenvalue weighted by atomic mass is 79.9. The Kier molecular flexibility index (Phi) is 1.35. The van der Waals surface area contributed by atoms with Crippen LogP contribution < -0.4 is 5.69 Å². The number of imidazole rings is 1. The first-order valence-electron chi connectivity index (χ1n) is 3.13. The second-order valence-corrected chi connectivity index (χ2v) is 3.06. The van der Waals surface area contributed by atoms with Gasteiger partial charge in [-0.2, -0.15) is 0 Å². The van der Waals surface area contributed by atoms with Crippen LogP contribution in [0, 0.1) is 0 Å². The molecule has 0 amide bonds. The van der Waals surface area contributed by atoms with Crippen molar-refractivity contribution in [3.63, 3.8) is 0 Å². The molecule has 0 saturated heterocycles. The summed E-state index contributed by atoms with van der Waals surface area (Å²) in [4.78, 5) is 13.6. The van der Waals surface area contributed by atoms with Gasteiger partial charge in [-0.3, -0.25) is 4.40 Å². The van der Waals surface area contributed by atoms with E-state index in [1.807, 2.05) is 12.1 Å². The van der Waals surface area contributed by atoms with Crippen LogP contribution in [-0.4, -0.2) is 9.38 Å². The maximum Gasteiger partial charge on any atom is 0.330 e. The van der Waals surface area contributed by atoms with Crippen LogP contribution in [0.5, 0.6) is 0 Å². The summed E-state index contributed by atoms with van der Waals surface area (Å²) >= 11 is 3.33. The van der Waals surface area contributed by atoms with E-state index in [1.54, 1.807) is 16.8 Å². The van der Waals surface area contributed by atoms with Crippen molar-refractivity contribution in [3.8, 4) is 0 Å². The molecule has 0 atom stereocenters. The van der Waals surface area contributed by atoms with E-state index in [9.17, 15) is 4.79 Å². The number of nitrogens with one attached hydrogen (secondary N) is 1. The van der Waals surface area contributed by atoms with E-state index in [2.05, 4.69) is 20.9 Å². The first kappa shape index (κ1) is 6.67. The molecule has 2 heterocycles. The lowest BCUT2D eigenvalue weighted by Crippen LogP contribution is -2.07. The molecule has 3 nitrogen and oxygen atoms in total. The minimum absolute atomic E-state index is 0.110. The largest absolute Gasteiger partial charge is 0.330 e. The Balaban J connectivity index is 3.06. The van der Waals surface area contributed by atoms with E-state index >= 15 is 0 Å². The number of hydrogen-bond acceptors (Lipinski definition) is 1. The third-order valence-corrected chi connectivity index (χ3v) is 2.20. The Morgan fingerprint density at radius 2 is 2.36 bits per heavy atom. The first-order valence-corrected chi connectivity index (χ1v) is 3.92. The van der Waals surface area contributed by atoms with Crippen molar-refractivity contribution >= 4 is 21.4 Å². The van der Waals surface area contributed by atoms with Crippen molar-refractivity contribution in [3.05, 3.63) is 39.5 Å². The van der Waals surface area contributed by atoms with E-state index in [4.69, 9.17) is 0 Å². The molecule has 0 aliphatic carbocycles. The molecule has 1 N–H and O–H groups in total. The summed E-state index contributed by atoms with van der Waals surface area (Å²) in [5, 5.41) is 0. The average Bonchev–Trinajstić information content (AvgIpc) is 2.35. The molecule has 56 valence electrons. The molecule has 0 aliphatic rings. The maximum absolute atomic E-state index is 11.0. The van der Waals surface area contributed by atoms with Crippen molar-refractivity contribution < 1.29 is 0 Å².